The van der Waals surface area contributed by atoms with Gasteiger partial charge in [-0.1, -0.05) is 26.0 Å². The van der Waals surface area contributed by atoms with Crippen molar-refractivity contribution >= 4 is 17.5 Å². The summed E-state index contributed by atoms with van der Waals surface area (Å²) < 4.78 is 1.95. The largest absolute Gasteiger partial charge is 0.337 e. The van der Waals surface area contributed by atoms with E-state index in [0.717, 1.165) is 37.2 Å². The Morgan fingerprint density at radius 3 is 2.43 bits per heavy atom. The molecule has 0 bridgehead atoms. The quantitative estimate of drug-likeness (QED) is 0.819. The molecule has 1 aromatic heterocycles. The molecule has 3 rings (SSSR count). The highest BCUT2D eigenvalue weighted by atomic mass is 16.2. The maximum Gasteiger partial charge on any atom is 0.289 e. The average molecular weight is 383 g/mol. The van der Waals surface area contributed by atoms with E-state index in [-0.39, 0.29) is 11.8 Å². The number of imidazole rings is 1. The molecule has 6 heteroatoms. The fourth-order valence-electron chi connectivity index (χ4n) is 3.68. The van der Waals surface area contributed by atoms with Gasteiger partial charge in [-0.3, -0.25) is 9.59 Å². The number of anilines is 1. The maximum atomic E-state index is 12.9. The molecule has 2 heterocycles. The van der Waals surface area contributed by atoms with E-state index in [1.807, 2.05) is 42.7 Å². The Morgan fingerprint density at radius 2 is 1.82 bits per heavy atom. The van der Waals surface area contributed by atoms with E-state index < -0.39 is 0 Å². The molecule has 1 aliphatic rings. The monoisotopic (exact) mass is 382 g/mol. The van der Waals surface area contributed by atoms with E-state index in [4.69, 9.17) is 0 Å². The molecule has 0 aliphatic carbocycles. The highest BCUT2D eigenvalue weighted by molar-refractivity contribution is 6.05. The summed E-state index contributed by atoms with van der Waals surface area (Å²) in [5.74, 6) is 0.479. The zero-order chi connectivity index (χ0) is 20.3. The van der Waals surface area contributed by atoms with Crippen LogP contribution >= 0.6 is 0 Å². The van der Waals surface area contributed by atoms with Gasteiger partial charge in [-0.15, -0.1) is 0 Å². The molecule has 150 valence electrons. The van der Waals surface area contributed by atoms with Crippen molar-refractivity contribution in [2.24, 2.45) is 0 Å². The molecule has 0 spiro atoms. The van der Waals surface area contributed by atoms with Crippen LogP contribution in [0.15, 0.2) is 24.3 Å². The van der Waals surface area contributed by atoms with Crippen LogP contribution in [0.25, 0.3) is 0 Å². The number of carbonyl (C=O) groups is 2. The van der Waals surface area contributed by atoms with Crippen molar-refractivity contribution in [3.05, 3.63) is 47.0 Å². The molecule has 1 N–H and O–H groups in total. The van der Waals surface area contributed by atoms with Crippen LogP contribution in [-0.2, 0) is 13.0 Å². The highest BCUT2D eigenvalue weighted by Gasteiger charge is 2.29. The number of hydrogen-bond acceptors (Lipinski definition) is 3. The summed E-state index contributed by atoms with van der Waals surface area (Å²) in [6, 6.07) is 7.88. The molecule has 0 atom stereocenters. The van der Waals surface area contributed by atoms with Gasteiger partial charge in [0.2, 0.25) is 0 Å². The second kappa shape index (κ2) is 8.59. The topological polar surface area (TPSA) is 67.2 Å². The predicted molar refractivity (Wildman–Crippen MR) is 111 cm³/mol. The number of aromatic nitrogens is 2. The minimum atomic E-state index is -0.249. The third-order valence-electron chi connectivity index (χ3n) is 5.41. The van der Waals surface area contributed by atoms with E-state index >= 15 is 0 Å². The van der Waals surface area contributed by atoms with Gasteiger partial charge in [-0.05, 0) is 56.7 Å². The first-order valence-corrected chi connectivity index (χ1v) is 10.3. The number of fused-ring (bicyclic) bond motifs is 1. The standard InChI is InChI=1S/C22H30N4O2/c1-5-25(6-2)22(28)20-24-19(18-9-7-8-14-26(18)20)21(27)23-17-12-10-16(11-13-17)15(3)4/h10-13,15H,5-9,14H2,1-4H3,(H,23,27). The predicted octanol–water partition coefficient (Wildman–Crippen LogP) is 4.08. The van der Waals surface area contributed by atoms with Crippen LogP contribution in [-0.4, -0.2) is 39.4 Å². The maximum absolute atomic E-state index is 12.9. The summed E-state index contributed by atoms with van der Waals surface area (Å²) in [4.78, 5) is 32.1. The van der Waals surface area contributed by atoms with Crippen molar-refractivity contribution in [1.82, 2.24) is 14.5 Å². The lowest BCUT2D eigenvalue weighted by atomic mass is 10.0. The van der Waals surface area contributed by atoms with Crippen LogP contribution in [0, 0.1) is 0 Å². The van der Waals surface area contributed by atoms with Gasteiger partial charge in [-0.25, -0.2) is 4.98 Å². The normalized spacial score (nSPS) is 13.3. The number of carbonyl (C=O) groups excluding carboxylic acids is 2. The second-order valence-corrected chi connectivity index (χ2v) is 7.55. The van der Waals surface area contributed by atoms with Gasteiger partial charge >= 0.3 is 0 Å². The average Bonchev–Trinajstić information content (AvgIpc) is 3.09. The number of rotatable bonds is 6. The van der Waals surface area contributed by atoms with Gasteiger partial charge in [0.15, 0.2) is 11.5 Å². The van der Waals surface area contributed by atoms with Gasteiger partial charge in [0.25, 0.3) is 11.8 Å². The minimum Gasteiger partial charge on any atom is -0.337 e. The fraction of sp³-hybridized carbons (Fsp3) is 0.500. The van der Waals surface area contributed by atoms with Gasteiger partial charge < -0.3 is 14.8 Å². The lowest BCUT2D eigenvalue weighted by Gasteiger charge is -2.21. The molecule has 1 aliphatic heterocycles. The van der Waals surface area contributed by atoms with Crippen LogP contribution in [0.1, 0.15) is 78.8 Å². The highest BCUT2D eigenvalue weighted by Crippen LogP contribution is 2.24. The first-order chi connectivity index (χ1) is 13.5. The van der Waals surface area contributed by atoms with Gasteiger partial charge in [0.1, 0.15) is 0 Å². The van der Waals surface area contributed by atoms with Gasteiger partial charge in [0, 0.05) is 25.3 Å². The van der Waals surface area contributed by atoms with Crippen LogP contribution in [0.2, 0.25) is 0 Å². The molecule has 2 amide bonds. The van der Waals surface area contributed by atoms with Crippen LogP contribution < -0.4 is 5.32 Å². The van der Waals surface area contributed by atoms with Crippen molar-refractivity contribution in [3.63, 3.8) is 0 Å². The van der Waals surface area contributed by atoms with Crippen molar-refractivity contribution in [2.75, 3.05) is 18.4 Å². The zero-order valence-corrected chi connectivity index (χ0v) is 17.3. The molecule has 0 saturated heterocycles. The Morgan fingerprint density at radius 1 is 1.14 bits per heavy atom. The smallest absolute Gasteiger partial charge is 0.289 e. The summed E-state index contributed by atoms with van der Waals surface area (Å²) in [5.41, 5.74) is 3.22. The first kappa shape index (κ1) is 20.1. The van der Waals surface area contributed by atoms with E-state index in [1.54, 1.807) is 4.90 Å². The minimum absolute atomic E-state index is 0.103. The fourth-order valence-corrected chi connectivity index (χ4v) is 3.68. The summed E-state index contributed by atoms with van der Waals surface area (Å²) in [7, 11) is 0. The summed E-state index contributed by atoms with van der Waals surface area (Å²) in [5, 5.41) is 2.94. The summed E-state index contributed by atoms with van der Waals surface area (Å²) >= 11 is 0. The van der Waals surface area contributed by atoms with Crippen LogP contribution in [0.3, 0.4) is 0 Å². The summed E-state index contributed by atoms with van der Waals surface area (Å²) in [6.07, 6.45) is 2.78. The molecular weight excluding hydrogens is 352 g/mol. The Labute approximate surface area is 166 Å². The second-order valence-electron chi connectivity index (χ2n) is 7.55. The molecule has 0 fully saturated rings. The van der Waals surface area contributed by atoms with Gasteiger partial charge in [-0.2, -0.15) is 0 Å². The molecule has 0 unspecified atom stereocenters. The third kappa shape index (κ3) is 3.96. The number of amides is 2. The van der Waals surface area contributed by atoms with E-state index in [9.17, 15) is 9.59 Å². The number of nitrogens with one attached hydrogen (secondary N) is 1. The Hall–Kier alpha value is -2.63. The SMILES string of the molecule is CCN(CC)C(=O)c1nc(C(=O)Nc2ccc(C(C)C)cc2)c2n1CCCC2. The third-order valence-corrected chi connectivity index (χ3v) is 5.41. The van der Waals surface area contributed by atoms with Crippen molar-refractivity contribution < 1.29 is 9.59 Å². The lowest BCUT2D eigenvalue weighted by molar-refractivity contribution is 0.0754. The van der Waals surface area contributed by atoms with Crippen molar-refractivity contribution in [3.8, 4) is 0 Å². The Kier molecular flexibility index (Phi) is 6.17. The van der Waals surface area contributed by atoms with E-state index in [1.165, 1.54) is 5.56 Å². The van der Waals surface area contributed by atoms with Crippen molar-refractivity contribution in [1.29, 1.82) is 0 Å². The molecule has 0 saturated carbocycles. The zero-order valence-electron chi connectivity index (χ0n) is 17.3. The summed E-state index contributed by atoms with van der Waals surface area (Å²) in [6.45, 7) is 10.2. The van der Waals surface area contributed by atoms with Crippen LogP contribution in [0.5, 0.6) is 0 Å². The Bertz CT molecular complexity index is 848. The number of benzene rings is 1. The molecule has 1 aromatic carbocycles. The van der Waals surface area contributed by atoms with E-state index in [0.29, 0.717) is 30.5 Å². The molecule has 2 aromatic rings. The number of hydrogen-bond donors (Lipinski definition) is 1. The van der Waals surface area contributed by atoms with Crippen LogP contribution in [0.4, 0.5) is 5.69 Å². The van der Waals surface area contributed by atoms with Crippen molar-refractivity contribution in [2.45, 2.75) is 59.4 Å². The molecular formula is C22H30N4O2. The van der Waals surface area contributed by atoms with Gasteiger partial charge in [0.05, 0.1) is 5.69 Å². The lowest BCUT2D eigenvalue weighted by Crippen LogP contribution is -2.33. The molecule has 6 nitrogen and oxygen atoms in total. The first-order valence-electron chi connectivity index (χ1n) is 10.3. The van der Waals surface area contributed by atoms with E-state index in [2.05, 4.69) is 24.1 Å². The number of nitrogens with zero attached hydrogens (tertiary/aromatic N) is 3. The molecule has 0 radical (unpaired) electrons. The molecule has 28 heavy (non-hydrogen) atoms. The Balaban J connectivity index is 1.88.